The van der Waals surface area contributed by atoms with E-state index < -0.39 is 0 Å². The average Bonchev–Trinajstić information content (AvgIpc) is 2.83. The number of hydrogen-bond acceptors (Lipinski definition) is 1. The van der Waals surface area contributed by atoms with Crippen LogP contribution in [0.25, 0.3) is 0 Å². The number of halogens is 1. The van der Waals surface area contributed by atoms with Gasteiger partial charge in [-0.1, -0.05) is 63.7 Å². The number of fused-ring (bicyclic) bond motifs is 2. The van der Waals surface area contributed by atoms with Crippen molar-refractivity contribution in [1.82, 2.24) is 0 Å². The molecule has 184 valence electrons. The van der Waals surface area contributed by atoms with Crippen LogP contribution >= 0.6 is 0 Å². The van der Waals surface area contributed by atoms with Crippen molar-refractivity contribution in [2.45, 2.75) is 122 Å². The second-order valence-corrected chi connectivity index (χ2v) is 11.3. The fraction of sp³-hybridized carbons (Fsp3) is 0.742. The number of allylic oxidation sites excluding steroid dienone is 1. The molecule has 2 heteroatoms. The summed E-state index contributed by atoms with van der Waals surface area (Å²) in [6.45, 7) is 5.08. The van der Waals surface area contributed by atoms with E-state index >= 15 is 4.39 Å². The maximum absolute atomic E-state index is 15.3. The molecule has 0 spiro atoms. The summed E-state index contributed by atoms with van der Waals surface area (Å²) in [6.07, 6.45) is 23.5. The van der Waals surface area contributed by atoms with Crippen LogP contribution in [0.5, 0.6) is 0 Å². The van der Waals surface area contributed by atoms with Gasteiger partial charge in [0.05, 0.1) is 12.7 Å². The molecule has 1 aromatic carbocycles. The summed E-state index contributed by atoms with van der Waals surface area (Å²) in [6, 6.07) is 4.23. The van der Waals surface area contributed by atoms with E-state index in [4.69, 9.17) is 4.74 Å². The van der Waals surface area contributed by atoms with E-state index in [0.29, 0.717) is 12.0 Å². The van der Waals surface area contributed by atoms with Crippen LogP contribution in [-0.2, 0) is 17.6 Å². The van der Waals surface area contributed by atoms with Gasteiger partial charge in [-0.15, -0.1) is 0 Å². The topological polar surface area (TPSA) is 9.23 Å². The lowest BCUT2D eigenvalue weighted by atomic mass is 9.65. The van der Waals surface area contributed by atoms with Crippen LogP contribution in [0, 0.1) is 23.6 Å². The smallest absolute Gasteiger partial charge is 0.126 e. The molecule has 0 heterocycles. The minimum atomic E-state index is 0.0872. The molecule has 0 bridgehead atoms. The van der Waals surface area contributed by atoms with Crippen LogP contribution in [0.1, 0.15) is 120 Å². The minimum Gasteiger partial charge on any atom is -0.374 e. The van der Waals surface area contributed by atoms with E-state index in [1.54, 1.807) is 0 Å². The first kappa shape index (κ1) is 25.0. The molecule has 0 amide bonds. The highest BCUT2D eigenvalue weighted by atomic mass is 19.1. The lowest BCUT2D eigenvalue weighted by molar-refractivity contribution is -0.00334. The van der Waals surface area contributed by atoms with Crippen LogP contribution in [0.3, 0.4) is 0 Å². The van der Waals surface area contributed by atoms with Crippen molar-refractivity contribution in [2.75, 3.05) is 6.61 Å². The molecule has 33 heavy (non-hydrogen) atoms. The van der Waals surface area contributed by atoms with Crippen molar-refractivity contribution in [2.24, 2.45) is 17.8 Å². The third-order valence-corrected chi connectivity index (χ3v) is 9.03. The van der Waals surface area contributed by atoms with E-state index in [1.807, 2.05) is 6.07 Å². The largest absolute Gasteiger partial charge is 0.374 e. The molecule has 2 saturated carbocycles. The third-order valence-electron chi connectivity index (χ3n) is 9.03. The van der Waals surface area contributed by atoms with Gasteiger partial charge in [-0.25, -0.2) is 4.39 Å². The molecule has 3 aliphatic rings. The summed E-state index contributed by atoms with van der Waals surface area (Å²) in [7, 11) is 0. The van der Waals surface area contributed by atoms with Crippen molar-refractivity contribution in [3.8, 4) is 0 Å². The number of benzene rings is 1. The standard InChI is InChI=1S/C31H47FO/c1-3-5-7-8-9-10-23-11-12-26-21-30(31(32)22-28(26)18-23)27-14-13-25-20-29(33-17-6-4-2)16-15-24(25)19-27/h4,6,21-25,27,29H,3,5,7-20H2,1-2H3/b6-4+. The zero-order valence-electron chi connectivity index (χ0n) is 21.3. The Hall–Kier alpha value is -1.15. The fourth-order valence-corrected chi connectivity index (χ4v) is 7.04. The number of aryl methyl sites for hydroxylation is 1. The predicted octanol–water partition coefficient (Wildman–Crippen LogP) is 8.94. The molecule has 5 atom stereocenters. The first-order valence-corrected chi connectivity index (χ1v) is 14.2. The van der Waals surface area contributed by atoms with E-state index in [2.05, 4.69) is 32.1 Å². The van der Waals surface area contributed by atoms with Gasteiger partial charge < -0.3 is 4.74 Å². The molecule has 0 saturated heterocycles. The second-order valence-electron chi connectivity index (χ2n) is 11.3. The summed E-state index contributed by atoms with van der Waals surface area (Å²) >= 11 is 0. The van der Waals surface area contributed by atoms with Crippen molar-refractivity contribution in [1.29, 1.82) is 0 Å². The van der Waals surface area contributed by atoms with E-state index in [1.165, 1.54) is 88.2 Å². The van der Waals surface area contributed by atoms with Crippen molar-refractivity contribution < 1.29 is 9.13 Å². The Kier molecular flexibility index (Phi) is 9.47. The van der Waals surface area contributed by atoms with Gasteiger partial charge in [0.25, 0.3) is 0 Å². The van der Waals surface area contributed by atoms with Gasteiger partial charge in [0, 0.05) is 0 Å². The maximum Gasteiger partial charge on any atom is 0.126 e. The highest BCUT2D eigenvalue weighted by Crippen LogP contribution is 2.47. The Balaban J connectivity index is 1.30. The quantitative estimate of drug-likeness (QED) is 0.253. The van der Waals surface area contributed by atoms with Crippen molar-refractivity contribution in [3.63, 3.8) is 0 Å². The lowest BCUT2D eigenvalue weighted by Gasteiger charge is -2.42. The molecule has 0 aromatic heterocycles. The molecule has 0 aliphatic heterocycles. The molecule has 4 rings (SSSR count). The summed E-state index contributed by atoms with van der Waals surface area (Å²) in [5.74, 6) is 2.82. The Morgan fingerprint density at radius 3 is 2.61 bits per heavy atom. The molecule has 5 unspecified atom stereocenters. The molecular formula is C31H47FO. The summed E-state index contributed by atoms with van der Waals surface area (Å²) in [4.78, 5) is 0. The lowest BCUT2D eigenvalue weighted by Crippen LogP contribution is -2.34. The predicted molar refractivity (Wildman–Crippen MR) is 137 cm³/mol. The van der Waals surface area contributed by atoms with E-state index in [0.717, 1.165) is 49.2 Å². The van der Waals surface area contributed by atoms with E-state index in [-0.39, 0.29) is 5.82 Å². The number of unbranched alkanes of at least 4 members (excludes halogenated alkanes) is 4. The van der Waals surface area contributed by atoms with Crippen molar-refractivity contribution >= 4 is 0 Å². The first-order valence-electron chi connectivity index (χ1n) is 14.2. The molecule has 1 nitrogen and oxygen atoms in total. The Bertz CT molecular complexity index is 768. The van der Waals surface area contributed by atoms with Gasteiger partial charge in [-0.05, 0) is 111 Å². The van der Waals surface area contributed by atoms with Gasteiger partial charge in [-0.2, -0.15) is 0 Å². The normalized spacial score (nSPS) is 29.7. The average molecular weight is 455 g/mol. The molecule has 3 aliphatic carbocycles. The number of ether oxygens (including phenoxy) is 1. The third kappa shape index (κ3) is 6.71. The van der Waals surface area contributed by atoms with Gasteiger partial charge >= 0.3 is 0 Å². The summed E-state index contributed by atoms with van der Waals surface area (Å²) in [5, 5.41) is 0. The molecule has 0 N–H and O–H groups in total. The van der Waals surface area contributed by atoms with Crippen LogP contribution in [0.2, 0.25) is 0 Å². The Labute approximate surface area is 202 Å². The van der Waals surface area contributed by atoms with Gasteiger partial charge in [0.2, 0.25) is 0 Å². The number of hydrogen-bond donors (Lipinski definition) is 0. The highest BCUT2D eigenvalue weighted by molar-refractivity contribution is 5.37. The molecule has 0 radical (unpaired) electrons. The van der Waals surface area contributed by atoms with Crippen LogP contribution < -0.4 is 0 Å². The first-order chi connectivity index (χ1) is 16.2. The molecular weight excluding hydrogens is 407 g/mol. The summed E-state index contributed by atoms with van der Waals surface area (Å²) in [5.41, 5.74) is 3.81. The van der Waals surface area contributed by atoms with Crippen molar-refractivity contribution in [3.05, 3.63) is 46.8 Å². The molecule has 2 fully saturated rings. The van der Waals surface area contributed by atoms with Crippen LogP contribution in [0.4, 0.5) is 4.39 Å². The number of rotatable bonds is 10. The molecule has 1 aromatic rings. The van der Waals surface area contributed by atoms with Crippen LogP contribution in [-0.4, -0.2) is 12.7 Å². The Morgan fingerprint density at radius 1 is 0.939 bits per heavy atom. The van der Waals surface area contributed by atoms with Gasteiger partial charge in [0.15, 0.2) is 0 Å². The van der Waals surface area contributed by atoms with Gasteiger partial charge in [0.1, 0.15) is 5.82 Å². The fourth-order valence-electron chi connectivity index (χ4n) is 7.04. The van der Waals surface area contributed by atoms with Gasteiger partial charge in [-0.3, -0.25) is 0 Å². The zero-order chi connectivity index (χ0) is 23.0. The monoisotopic (exact) mass is 454 g/mol. The summed E-state index contributed by atoms with van der Waals surface area (Å²) < 4.78 is 21.4. The second kappa shape index (κ2) is 12.5. The highest BCUT2D eigenvalue weighted by Gasteiger charge is 2.37. The maximum atomic E-state index is 15.3. The Morgan fingerprint density at radius 2 is 1.76 bits per heavy atom. The van der Waals surface area contributed by atoms with Crippen LogP contribution in [0.15, 0.2) is 24.3 Å². The van der Waals surface area contributed by atoms with E-state index in [9.17, 15) is 0 Å². The zero-order valence-corrected chi connectivity index (χ0v) is 21.3. The SMILES string of the molecule is C/C=C/COC1CCC2CC(c3cc4c(cc3F)CC(CCCCCCC)CC4)CCC2C1. The minimum absolute atomic E-state index is 0.0872.